The quantitative estimate of drug-likeness (QED) is 0.568. The minimum absolute atomic E-state index is 0.301. The third kappa shape index (κ3) is 17.0. The van der Waals surface area contributed by atoms with Gasteiger partial charge in [0.1, 0.15) is 0 Å². The number of rotatable bonds is 2. The van der Waals surface area contributed by atoms with Crippen LogP contribution in [-0.2, 0) is 11.5 Å². The van der Waals surface area contributed by atoms with Crippen LogP contribution >= 0.6 is 0 Å². The van der Waals surface area contributed by atoms with E-state index in [2.05, 4.69) is 4.36 Å². The average molecular weight is 135 g/mol. The molecule has 0 saturated heterocycles. The van der Waals surface area contributed by atoms with Gasteiger partial charge in [0.25, 0.3) is 0 Å². The molecule has 0 unspecified atom stereocenters. The van der Waals surface area contributed by atoms with Gasteiger partial charge >= 0.3 is 0 Å². The summed E-state index contributed by atoms with van der Waals surface area (Å²) in [4.78, 5) is 0. The van der Waals surface area contributed by atoms with E-state index >= 15 is 0 Å². The Morgan fingerprint density at radius 1 is 1.50 bits per heavy atom. The van der Waals surface area contributed by atoms with E-state index in [1.165, 1.54) is 0 Å². The maximum atomic E-state index is 9.44. The molecule has 0 aliphatic rings. The van der Waals surface area contributed by atoms with Crippen LogP contribution in [0, 0.1) is 0 Å². The smallest absolute Gasteiger partial charge is 0.194 e. The molecule has 0 heterocycles. The Bertz CT molecular complexity index is 68.8. The van der Waals surface area contributed by atoms with Crippen molar-refractivity contribution in [1.82, 2.24) is 0 Å². The molecule has 0 N–H and O–H groups in total. The van der Waals surface area contributed by atoms with E-state index in [-0.39, 0.29) is 0 Å². The maximum Gasteiger partial charge on any atom is 0.199 e. The summed E-state index contributed by atoms with van der Waals surface area (Å²) in [5.74, 6) is 0. The molecular weight excluding hydrogens is 122 g/mol. The van der Waals surface area contributed by atoms with Crippen LogP contribution in [-0.4, -0.2) is 10.8 Å². The molecule has 0 aliphatic heterocycles. The fraction of sp³-hybridized carbons (Fsp3) is 1.00. The van der Waals surface area contributed by atoms with E-state index in [0.717, 1.165) is 6.42 Å². The van der Waals surface area contributed by atoms with Crippen LogP contribution in [0.4, 0.5) is 0 Å². The minimum Gasteiger partial charge on any atom is -0.194 e. The first kappa shape index (κ1) is 10.7. The molecule has 0 rings (SSSR count). The summed E-state index contributed by atoms with van der Waals surface area (Å²) in [5.41, 5.74) is 0. The standard InChI is InChI=1S/C3H7NOS.C2H6/c1-2-3-4-6-5;1-2/h2-3H2,1H3;1-2H3. The van der Waals surface area contributed by atoms with Gasteiger partial charge < -0.3 is 0 Å². The molecule has 0 saturated carbocycles. The van der Waals surface area contributed by atoms with Gasteiger partial charge in [-0.05, 0) is 6.42 Å². The summed E-state index contributed by atoms with van der Waals surface area (Å²) in [7, 11) is 0. The zero-order valence-electron chi connectivity index (χ0n) is 5.68. The van der Waals surface area contributed by atoms with E-state index < -0.39 is 0 Å². The average Bonchev–Trinajstić information content (AvgIpc) is 1.88. The van der Waals surface area contributed by atoms with Crippen LogP contribution in [0.25, 0.3) is 0 Å². The third-order valence-corrected chi connectivity index (χ3v) is 0.656. The molecule has 0 fully saturated rings. The van der Waals surface area contributed by atoms with Gasteiger partial charge in [0.2, 0.25) is 0 Å². The Morgan fingerprint density at radius 3 is 2.12 bits per heavy atom. The van der Waals surface area contributed by atoms with Gasteiger partial charge in [-0.2, -0.15) is 8.57 Å². The molecule has 50 valence electrons. The second kappa shape index (κ2) is 15.8. The molecule has 0 aromatic carbocycles. The molecule has 0 aliphatic carbocycles. The summed E-state index contributed by atoms with van der Waals surface area (Å²) in [5, 5.41) is 0. The normalized spacial score (nSPS) is 6.38. The summed E-state index contributed by atoms with van der Waals surface area (Å²) in [6.07, 6.45) is 0.968. The van der Waals surface area contributed by atoms with Crippen molar-refractivity contribution in [2.24, 2.45) is 4.36 Å². The third-order valence-electron chi connectivity index (χ3n) is 0.368. The fourth-order valence-electron chi connectivity index (χ4n) is 0.129. The molecule has 0 radical (unpaired) electrons. The zero-order valence-corrected chi connectivity index (χ0v) is 6.49. The van der Waals surface area contributed by atoms with E-state index in [1.54, 1.807) is 0 Å². The second-order valence-electron chi connectivity index (χ2n) is 0.927. The van der Waals surface area contributed by atoms with Gasteiger partial charge in [-0.3, -0.25) is 0 Å². The van der Waals surface area contributed by atoms with Crippen molar-refractivity contribution < 1.29 is 4.21 Å². The highest BCUT2D eigenvalue weighted by Crippen LogP contribution is 1.71. The second-order valence-corrected chi connectivity index (χ2v) is 1.33. The number of hydrogen-bond donors (Lipinski definition) is 0. The first-order chi connectivity index (χ1) is 3.91. The van der Waals surface area contributed by atoms with Crippen molar-refractivity contribution in [3.8, 4) is 0 Å². The number of hydrogen-bond acceptors (Lipinski definition) is 2. The lowest BCUT2D eigenvalue weighted by Crippen LogP contribution is -1.67. The van der Waals surface area contributed by atoms with Crippen LogP contribution in [0.3, 0.4) is 0 Å². The monoisotopic (exact) mass is 135 g/mol. The molecule has 0 spiro atoms. The lowest BCUT2D eigenvalue weighted by molar-refractivity contribution is 0.696. The highest BCUT2D eigenvalue weighted by Gasteiger charge is 1.66. The Kier molecular flexibility index (Phi) is 21.2. The molecule has 0 amide bonds. The van der Waals surface area contributed by atoms with E-state index in [1.807, 2.05) is 20.8 Å². The van der Waals surface area contributed by atoms with Gasteiger partial charge in [0, 0.05) is 0 Å². The van der Waals surface area contributed by atoms with Gasteiger partial charge in [-0.15, -0.1) is 0 Å². The SMILES string of the molecule is CC.CCCN=S=O. The van der Waals surface area contributed by atoms with Crippen LogP contribution in [0.2, 0.25) is 0 Å². The number of nitrogens with zero attached hydrogens (tertiary/aromatic N) is 1. The molecule has 3 heteroatoms. The van der Waals surface area contributed by atoms with Crippen LogP contribution in [0.5, 0.6) is 0 Å². The van der Waals surface area contributed by atoms with Gasteiger partial charge in [-0.1, -0.05) is 20.8 Å². The molecule has 0 aromatic rings. The molecule has 8 heavy (non-hydrogen) atoms. The van der Waals surface area contributed by atoms with Gasteiger partial charge in [0.05, 0.1) is 6.54 Å². The summed E-state index contributed by atoms with van der Waals surface area (Å²) >= 11 is 0.301. The van der Waals surface area contributed by atoms with E-state index in [9.17, 15) is 4.21 Å². The lowest BCUT2D eigenvalue weighted by atomic mass is 10.5. The molecule has 0 atom stereocenters. The predicted octanol–water partition coefficient (Wildman–Crippen LogP) is 1.82. The summed E-state index contributed by atoms with van der Waals surface area (Å²) < 4.78 is 12.9. The Morgan fingerprint density at radius 2 is 2.00 bits per heavy atom. The molecular formula is C5H13NOS. The maximum absolute atomic E-state index is 9.44. The van der Waals surface area contributed by atoms with Crippen molar-refractivity contribution in [3.05, 3.63) is 0 Å². The molecule has 0 aromatic heterocycles. The summed E-state index contributed by atoms with van der Waals surface area (Å²) in [6, 6.07) is 0. The zero-order chi connectivity index (χ0) is 6.83. The van der Waals surface area contributed by atoms with Crippen molar-refractivity contribution in [2.45, 2.75) is 27.2 Å². The molecule has 2 nitrogen and oxygen atoms in total. The van der Waals surface area contributed by atoms with E-state index in [0.29, 0.717) is 18.0 Å². The summed E-state index contributed by atoms with van der Waals surface area (Å²) in [6.45, 7) is 6.67. The highest BCUT2D eigenvalue weighted by molar-refractivity contribution is 7.54. The Balaban J connectivity index is 0. The Labute approximate surface area is 54.5 Å². The first-order valence-electron chi connectivity index (χ1n) is 2.87. The van der Waals surface area contributed by atoms with Crippen molar-refractivity contribution in [1.29, 1.82) is 0 Å². The first-order valence-corrected chi connectivity index (χ1v) is 3.57. The van der Waals surface area contributed by atoms with E-state index in [4.69, 9.17) is 0 Å². The van der Waals surface area contributed by atoms with Crippen molar-refractivity contribution in [2.75, 3.05) is 6.54 Å². The fourth-order valence-corrected chi connectivity index (χ4v) is 0.386. The van der Waals surface area contributed by atoms with Gasteiger partial charge in [-0.25, -0.2) is 0 Å². The van der Waals surface area contributed by atoms with Crippen molar-refractivity contribution in [3.63, 3.8) is 0 Å². The lowest BCUT2D eigenvalue weighted by Gasteiger charge is -1.71. The van der Waals surface area contributed by atoms with Crippen LogP contribution in [0.15, 0.2) is 4.36 Å². The molecule has 0 bridgehead atoms. The predicted molar refractivity (Wildman–Crippen MR) is 37.1 cm³/mol. The topological polar surface area (TPSA) is 29.4 Å². The largest absolute Gasteiger partial charge is 0.199 e. The van der Waals surface area contributed by atoms with Gasteiger partial charge in [0.15, 0.2) is 11.5 Å². The van der Waals surface area contributed by atoms with Crippen molar-refractivity contribution >= 4 is 11.5 Å². The van der Waals surface area contributed by atoms with Crippen LogP contribution in [0.1, 0.15) is 27.2 Å². The minimum atomic E-state index is 0.301. The Hall–Kier alpha value is -0.180. The highest BCUT2D eigenvalue weighted by atomic mass is 32.1. The van der Waals surface area contributed by atoms with Crippen LogP contribution < -0.4 is 0 Å².